The largest absolute Gasteiger partial charge is 0.329 e. The van der Waals surface area contributed by atoms with Crippen LogP contribution in [-0.4, -0.2) is 24.0 Å². The fraction of sp³-hybridized carbons (Fsp3) is 0.667. The summed E-state index contributed by atoms with van der Waals surface area (Å²) in [5, 5.41) is 0. The lowest BCUT2D eigenvalue weighted by molar-refractivity contribution is 0.0786. The van der Waals surface area contributed by atoms with Gasteiger partial charge >= 0.3 is 0 Å². The Morgan fingerprint density at radius 2 is 1.85 bits per heavy atom. The first-order chi connectivity index (χ1) is 9.29. The van der Waals surface area contributed by atoms with Gasteiger partial charge in [-0.1, -0.05) is 50.6 Å². The van der Waals surface area contributed by atoms with E-state index in [1.54, 1.807) is 0 Å². The van der Waals surface area contributed by atoms with Gasteiger partial charge < -0.3 is 5.73 Å². The summed E-state index contributed by atoms with van der Waals surface area (Å²) >= 11 is 0. The van der Waals surface area contributed by atoms with E-state index < -0.39 is 0 Å². The van der Waals surface area contributed by atoms with Crippen molar-refractivity contribution in [2.24, 2.45) is 17.1 Å². The van der Waals surface area contributed by atoms with Crippen LogP contribution in [0.1, 0.15) is 44.7 Å². The first kappa shape index (κ1) is 15.5. The van der Waals surface area contributed by atoms with Gasteiger partial charge in [0.05, 0.1) is 0 Å². The molecule has 20 heavy (non-hydrogen) atoms. The van der Waals surface area contributed by atoms with Gasteiger partial charge in [-0.2, -0.15) is 0 Å². The van der Waals surface area contributed by atoms with Gasteiger partial charge in [0.15, 0.2) is 0 Å². The van der Waals surface area contributed by atoms with Crippen molar-refractivity contribution in [2.45, 2.75) is 52.6 Å². The zero-order valence-electron chi connectivity index (χ0n) is 13.7. The van der Waals surface area contributed by atoms with Crippen LogP contribution in [0.2, 0.25) is 0 Å². The zero-order chi connectivity index (χ0) is 15.0. The lowest BCUT2D eigenvalue weighted by Crippen LogP contribution is -2.54. The standard InChI is InChI=1S/C18H30N2/c1-14-6-8-16(9-7-14)11-20(5)18(13-19)12-17(3,4)10-15(18)2/h6-9,15H,10-13,19H2,1-5H3. The van der Waals surface area contributed by atoms with E-state index in [1.165, 1.54) is 24.0 Å². The molecule has 2 unspecified atom stereocenters. The van der Waals surface area contributed by atoms with Crippen molar-refractivity contribution in [2.75, 3.05) is 13.6 Å². The van der Waals surface area contributed by atoms with Crippen LogP contribution in [-0.2, 0) is 6.54 Å². The van der Waals surface area contributed by atoms with Crippen molar-refractivity contribution >= 4 is 0 Å². The molecule has 1 aromatic carbocycles. The molecule has 1 aliphatic carbocycles. The molecular formula is C18H30N2. The van der Waals surface area contributed by atoms with Gasteiger partial charge in [-0.3, -0.25) is 4.90 Å². The monoisotopic (exact) mass is 274 g/mol. The third-order valence-electron chi connectivity index (χ3n) is 5.21. The van der Waals surface area contributed by atoms with E-state index in [0.29, 0.717) is 11.3 Å². The van der Waals surface area contributed by atoms with Gasteiger partial charge in [0.1, 0.15) is 0 Å². The Morgan fingerprint density at radius 3 is 2.30 bits per heavy atom. The molecule has 2 heteroatoms. The third-order valence-corrected chi connectivity index (χ3v) is 5.21. The summed E-state index contributed by atoms with van der Waals surface area (Å²) < 4.78 is 0. The van der Waals surface area contributed by atoms with Crippen molar-refractivity contribution in [3.8, 4) is 0 Å². The minimum absolute atomic E-state index is 0.147. The predicted molar refractivity (Wildman–Crippen MR) is 86.6 cm³/mol. The van der Waals surface area contributed by atoms with Crippen LogP contribution in [0.15, 0.2) is 24.3 Å². The first-order valence-corrected chi connectivity index (χ1v) is 7.76. The average Bonchev–Trinajstić information content (AvgIpc) is 2.62. The summed E-state index contributed by atoms with van der Waals surface area (Å²) in [5.41, 5.74) is 9.46. The molecule has 2 nitrogen and oxygen atoms in total. The van der Waals surface area contributed by atoms with Gasteiger partial charge in [-0.25, -0.2) is 0 Å². The molecule has 0 spiro atoms. The summed E-state index contributed by atoms with van der Waals surface area (Å²) in [4.78, 5) is 2.50. The second kappa shape index (κ2) is 5.50. The van der Waals surface area contributed by atoms with E-state index in [0.717, 1.165) is 13.1 Å². The van der Waals surface area contributed by atoms with Crippen LogP contribution in [0.5, 0.6) is 0 Å². The SMILES string of the molecule is Cc1ccc(CN(C)C2(CN)CC(C)(C)CC2C)cc1. The predicted octanol–water partition coefficient (Wildman–Crippen LogP) is 3.58. The Bertz CT molecular complexity index is 449. The summed E-state index contributed by atoms with van der Waals surface area (Å²) in [6.45, 7) is 11.0. The van der Waals surface area contributed by atoms with Crippen LogP contribution in [0.3, 0.4) is 0 Å². The Morgan fingerprint density at radius 1 is 1.25 bits per heavy atom. The van der Waals surface area contributed by atoms with Crippen molar-refractivity contribution in [3.05, 3.63) is 35.4 Å². The molecule has 112 valence electrons. The van der Waals surface area contributed by atoms with E-state index in [9.17, 15) is 0 Å². The van der Waals surface area contributed by atoms with Gasteiger partial charge in [0.25, 0.3) is 0 Å². The van der Waals surface area contributed by atoms with Gasteiger partial charge in [0.2, 0.25) is 0 Å². The second-order valence-electron chi connectivity index (χ2n) is 7.60. The number of aryl methyl sites for hydroxylation is 1. The molecule has 0 radical (unpaired) electrons. The van der Waals surface area contributed by atoms with E-state index in [2.05, 4.69) is 63.9 Å². The Balaban J connectivity index is 2.17. The number of rotatable bonds is 4. The summed E-state index contributed by atoms with van der Waals surface area (Å²) in [6.07, 6.45) is 2.46. The third kappa shape index (κ3) is 2.91. The van der Waals surface area contributed by atoms with E-state index in [4.69, 9.17) is 5.73 Å². The molecule has 1 fully saturated rings. The maximum Gasteiger partial charge on any atom is 0.0362 e. The summed E-state index contributed by atoms with van der Waals surface area (Å²) in [7, 11) is 2.24. The first-order valence-electron chi connectivity index (χ1n) is 7.76. The number of benzene rings is 1. The Kier molecular flexibility index (Phi) is 4.27. The number of nitrogens with zero attached hydrogens (tertiary/aromatic N) is 1. The maximum absolute atomic E-state index is 6.22. The van der Waals surface area contributed by atoms with Crippen LogP contribution in [0.25, 0.3) is 0 Å². The van der Waals surface area contributed by atoms with E-state index in [1.807, 2.05) is 0 Å². The zero-order valence-corrected chi connectivity index (χ0v) is 13.7. The molecule has 1 aliphatic rings. The fourth-order valence-corrected chi connectivity index (χ4v) is 4.16. The van der Waals surface area contributed by atoms with Crippen LogP contribution in [0, 0.1) is 18.3 Å². The summed E-state index contributed by atoms with van der Waals surface area (Å²) in [5.74, 6) is 0.651. The molecule has 0 saturated heterocycles. The van der Waals surface area contributed by atoms with Gasteiger partial charge in [-0.05, 0) is 43.7 Å². The number of hydrogen-bond donors (Lipinski definition) is 1. The number of nitrogens with two attached hydrogens (primary N) is 1. The van der Waals surface area contributed by atoms with Crippen molar-refractivity contribution in [1.82, 2.24) is 4.90 Å². The Labute approximate surface area is 124 Å². The highest BCUT2D eigenvalue weighted by Gasteiger charge is 2.49. The van der Waals surface area contributed by atoms with Crippen molar-refractivity contribution in [1.29, 1.82) is 0 Å². The molecule has 0 aliphatic heterocycles. The lowest BCUT2D eigenvalue weighted by atomic mass is 9.84. The molecule has 2 atom stereocenters. The molecule has 2 rings (SSSR count). The van der Waals surface area contributed by atoms with Gasteiger partial charge in [-0.15, -0.1) is 0 Å². The molecule has 1 aromatic rings. The minimum atomic E-state index is 0.147. The molecule has 0 bridgehead atoms. The highest BCUT2D eigenvalue weighted by Crippen LogP contribution is 2.49. The molecule has 1 saturated carbocycles. The van der Waals surface area contributed by atoms with Crippen molar-refractivity contribution in [3.63, 3.8) is 0 Å². The summed E-state index contributed by atoms with van der Waals surface area (Å²) in [6, 6.07) is 8.86. The Hall–Kier alpha value is -0.860. The topological polar surface area (TPSA) is 29.3 Å². The molecular weight excluding hydrogens is 244 g/mol. The van der Waals surface area contributed by atoms with E-state index in [-0.39, 0.29) is 5.54 Å². The number of likely N-dealkylation sites (N-methyl/N-ethyl adjacent to an activating group) is 1. The normalized spacial score (nSPS) is 29.1. The van der Waals surface area contributed by atoms with Gasteiger partial charge in [0, 0.05) is 18.6 Å². The van der Waals surface area contributed by atoms with Crippen LogP contribution < -0.4 is 5.73 Å². The highest BCUT2D eigenvalue weighted by atomic mass is 15.2. The smallest absolute Gasteiger partial charge is 0.0362 e. The fourth-order valence-electron chi connectivity index (χ4n) is 4.16. The van der Waals surface area contributed by atoms with E-state index >= 15 is 0 Å². The lowest BCUT2D eigenvalue weighted by Gasteiger charge is -2.42. The molecule has 0 aromatic heterocycles. The van der Waals surface area contributed by atoms with Crippen LogP contribution in [0.4, 0.5) is 0 Å². The number of hydrogen-bond acceptors (Lipinski definition) is 2. The molecule has 0 amide bonds. The minimum Gasteiger partial charge on any atom is -0.329 e. The average molecular weight is 274 g/mol. The highest BCUT2D eigenvalue weighted by molar-refractivity contribution is 5.21. The maximum atomic E-state index is 6.22. The van der Waals surface area contributed by atoms with Crippen molar-refractivity contribution < 1.29 is 0 Å². The molecule has 2 N–H and O–H groups in total. The van der Waals surface area contributed by atoms with Crippen LogP contribution >= 0.6 is 0 Å². The second-order valence-corrected chi connectivity index (χ2v) is 7.60. The quantitative estimate of drug-likeness (QED) is 0.909. The molecule has 0 heterocycles.